The largest absolute Gasteiger partial charge is 0.373 e. The van der Waals surface area contributed by atoms with Crippen LogP contribution in [-0.4, -0.2) is 35.2 Å². The highest BCUT2D eigenvalue weighted by atomic mass is 16.5. The summed E-state index contributed by atoms with van der Waals surface area (Å²) in [5.74, 6) is 0. The van der Waals surface area contributed by atoms with E-state index in [1.165, 1.54) is 25.7 Å². The second kappa shape index (κ2) is 2.48. The van der Waals surface area contributed by atoms with Crippen LogP contribution >= 0.6 is 0 Å². The fourth-order valence-electron chi connectivity index (χ4n) is 3.25. The maximum Gasteiger partial charge on any atom is 0.0839 e. The minimum Gasteiger partial charge on any atom is -0.373 e. The molecule has 2 nitrogen and oxygen atoms in total. The molecule has 2 bridgehead atoms. The van der Waals surface area contributed by atoms with Gasteiger partial charge in [-0.2, -0.15) is 0 Å². The predicted octanol–water partition coefficient (Wildman–Crippen LogP) is 1.79. The highest BCUT2D eigenvalue weighted by Crippen LogP contribution is 2.53. The van der Waals surface area contributed by atoms with E-state index in [2.05, 4.69) is 18.7 Å². The zero-order valence-electron chi connectivity index (χ0n) is 8.62. The van der Waals surface area contributed by atoms with E-state index >= 15 is 0 Å². The van der Waals surface area contributed by atoms with Crippen LogP contribution in [0.2, 0.25) is 0 Å². The summed E-state index contributed by atoms with van der Waals surface area (Å²) >= 11 is 0. The molecule has 0 N–H and O–H groups in total. The van der Waals surface area contributed by atoms with Gasteiger partial charge in [0.1, 0.15) is 0 Å². The summed E-state index contributed by atoms with van der Waals surface area (Å²) in [5.41, 5.74) is 0.317. The lowest BCUT2D eigenvalue weighted by molar-refractivity contribution is -0.0745. The van der Waals surface area contributed by atoms with E-state index in [1.54, 1.807) is 0 Å². The zero-order chi connectivity index (χ0) is 9.05. The van der Waals surface area contributed by atoms with Crippen molar-refractivity contribution in [2.45, 2.75) is 63.3 Å². The standard InChI is InChI=1S/C11H19NO/c1-8(2)12-9-3-6-13-11(4-5-11)10(12)7-9/h8-10H,3-7H2,1-2H3. The maximum atomic E-state index is 5.99. The lowest BCUT2D eigenvalue weighted by atomic mass is 9.85. The van der Waals surface area contributed by atoms with Crippen molar-refractivity contribution < 1.29 is 4.74 Å². The Bertz CT molecular complexity index is 222. The highest BCUT2D eigenvalue weighted by molar-refractivity contribution is 5.15. The molecule has 3 heterocycles. The minimum atomic E-state index is 0.317. The van der Waals surface area contributed by atoms with Gasteiger partial charge in [0, 0.05) is 24.7 Å². The van der Waals surface area contributed by atoms with Crippen LogP contribution in [0.15, 0.2) is 0 Å². The molecule has 0 amide bonds. The first-order valence-corrected chi connectivity index (χ1v) is 5.64. The molecule has 0 aromatic heterocycles. The van der Waals surface area contributed by atoms with Crippen molar-refractivity contribution in [2.75, 3.05) is 6.61 Å². The van der Waals surface area contributed by atoms with E-state index in [1.807, 2.05) is 0 Å². The van der Waals surface area contributed by atoms with E-state index in [-0.39, 0.29) is 0 Å². The third kappa shape index (κ3) is 1.02. The molecule has 1 spiro atoms. The third-order valence-electron chi connectivity index (χ3n) is 4.06. The summed E-state index contributed by atoms with van der Waals surface area (Å²) in [6.07, 6.45) is 5.29. The van der Waals surface area contributed by atoms with Crippen LogP contribution < -0.4 is 0 Å². The molecule has 3 aliphatic heterocycles. The van der Waals surface area contributed by atoms with Crippen LogP contribution in [0.25, 0.3) is 0 Å². The first-order chi connectivity index (χ1) is 6.23. The number of rotatable bonds is 1. The summed E-state index contributed by atoms with van der Waals surface area (Å²) in [7, 11) is 0. The molecule has 0 aromatic carbocycles. The Morgan fingerprint density at radius 3 is 2.77 bits per heavy atom. The number of fused-ring (bicyclic) bond motifs is 2. The molecule has 2 heteroatoms. The summed E-state index contributed by atoms with van der Waals surface area (Å²) in [4.78, 5) is 2.69. The minimum absolute atomic E-state index is 0.317. The van der Waals surface area contributed by atoms with Gasteiger partial charge in [0.25, 0.3) is 0 Å². The van der Waals surface area contributed by atoms with Gasteiger partial charge in [0.15, 0.2) is 0 Å². The van der Waals surface area contributed by atoms with Crippen LogP contribution in [0.3, 0.4) is 0 Å². The van der Waals surface area contributed by atoms with Crippen LogP contribution in [0.5, 0.6) is 0 Å². The highest BCUT2D eigenvalue weighted by Gasteiger charge is 2.60. The molecule has 2 unspecified atom stereocenters. The Morgan fingerprint density at radius 2 is 2.15 bits per heavy atom. The average Bonchev–Trinajstić information content (AvgIpc) is 2.78. The molecule has 4 aliphatic rings. The second-order valence-corrected chi connectivity index (χ2v) is 5.15. The van der Waals surface area contributed by atoms with Crippen molar-refractivity contribution in [1.82, 2.24) is 4.90 Å². The van der Waals surface area contributed by atoms with Gasteiger partial charge in [-0.05, 0) is 39.5 Å². The van der Waals surface area contributed by atoms with Crippen LogP contribution in [0.1, 0.15) is 39.5 Å². The Labute approximate surface area is 80.2 Å². The van der Waals surface area contributed by atoms with Crippen molar-refractivity contribution in [3.63, 3.8) is 0 Å². The monoisotopic (exact) mass is 181 g/mol. The van der Waals surface area contributed by atoms with Crippen LogP contribution in [0.4, 0.5) is 0 Å². The number of nitrogens with zero attached hydrogens (tertiary/aromatic N) is 1. The maximum absolute atomic E-state index is 5.99. The summed E-state index contributed by atoms with van der Waals surface area (Å²) in [5, 5.41) is 0. The van der Waals surface area contributed by atoms with Gasteiger partial charge in [-0.3, -0.25) is 4.90 Å². The smallest absolute Gasteiger partial charge is 0.0839 e. The molecule has 4 rings (SSSR count). The average molecular weight is 181 g/mol. The van der Waals surface area contributed by atoms with Gasteiger partial charge in [-0.15, -0.1) is 0 Å². The molecular weight excluding hydrogens is 162 g/mol. The summed E-state index contributed by atoms with van der Waals surface area (Å²) < 4.78 is 5.99. The zero-order valence-corrected chi connectivity index (χ0v) is 8.62. The van der Waals surface area contributed by atoms with Crippen LogP contribution in [0, 0.1) is 0 Å². The fourth-order valence-corrected chi connectivity index (χ4v) is 3.25. The molecular formula is C11H19NO. The molecule has 13 heavy (non-hydrogen) atoms. The SMILES string of the molecule is CC(C)N1C2CCOC3(CC3)C1C2. The van der Waals surface area contributed by atoms with E-state index < -0.39 is 0 Å². The predicted molar refractivity (Wildman–Crippen MR) is 51.7 cm³/mol. The summed E-state index contributed by atoms with van der Waals surface area (Å²) in [6, 6.07) is 2.31. The van der Waals surface area contributed by atoms with Gasteiger partial charge >= 0.3 is 0 Å². The third-order valence-corrected chi connectivity index (χ3v) is 4.06. The van der Waals surface area contributed by atoms with Gasteiger partial charge in [0.05, 0.1) is 5.60 Å². The topological polar surface area (TPSA) is 12.5 Å². The molecule has 4 fully saturated rings. The van der Waals surface area contributed by atoms with Gasteiger partial charge in [-0.25, -0.2) is 0 Å². The number of hydrogen-bond acceptors (Lipinski definition) is 2. The first kappa shape index (κ1) is 8.25. The van der Waals surface area contributed by atoms with Crippen molar-refractivity contribution in [3.8, 4) is 0 Å². The summed E-state index contributed by atoms with van der Waals surface area (Å²) in [6.45, 7) is 5.64. The lowest BCUT2D eigenvalue weighted by Gasteiger charge is -2.52. The Hall–Kier alpha value is -0.0800. The van der Waals surface area contributed by atoms with Gasteiger partial charge < -0.3 is 4.74 Å². The molecule has 0 aromatic rings. The fraction of sp³-hybridized carbons (Fsp3) is 1.00. The molecule has 1 aliphatic carbocycles. The van der Waals surface area contributed by atoms with E-state index in [0.717, 1.165) is 18.7 Å². The normalized spacial score (nSPS) is 41.8. The van der Waals surface area contributed by atoms with Gasteiger partial charge in [-0.1, -0.05) is 0 Å². The van der Waals surface area contributed by atoms with Crippen molar-refractivity contribution in [1.29, 1.82) is 0 Å². The lowest BCUT2D eigenvalue weighted by Crippen LogP contribution is -2.62. The van der Waals surface area contributed by atoms with Crippen molar-refractivity contribution in [3.05, 3.63) is 0 Å². The Kier molecular flexibility index (Phi) is 1.58. The number of ether oxygens (including phenoxy) is 1. The Balaban J connectivity index is 1.83. The van der Waals surface area contributed by atoms with Gasteiger partial charge in [0.2, 0.25) is 0 Å². The molecule has 2 atom stereocenters. The second-order valence-electron chi connectivity index (χ2n) is 5.15. The molecule has 1 saturated carbocycles. The Morgan fingerprint density at radius 1 is 1.38 bits per heavy atom. The van der Waals surface area contributed by atoms with E-state index in [4.69, 9.17) is 4.74 Å². The number of hydrogen-bond donors (Lipinski definition) is 0. The van der Waals surface area contributed by atoms with E-state index in [0.29, 0.717) is 11.6 Å². The molecule has 74 valence electrons. The van der Waals surface area contributed by atoms with E-state index in [9.17, 15) is 0 Å². The first-order valence-electron chi connectivity index (χ1n) is 5.64. The molecule has 3 saturated heterocycles. The van der Waals surface area contributed by atoms with Crippen molar-refractivity contribution in [2.24, 2.45) is 0 Å². The van der Waals surface area contributed by atoms with Crippen LogP contribution in [-0.2, 0) is 4.74 Å². The van der Waals surface area contributed by atoms with Crippen molar-refractivity contribution >= 4 is 0 Å². The quantitative estimate of drug-likeness (QED) is 0.611. The molecule has 0 radical (unpaired) electrons.